The van der Waals surface area contributed by atoms with Gasteiger partial charge < -0.3 is 15.5 Å². The molecule has 27 heavy (non-hydrogen) atoms. The van der Waals surface area contributed by atoms with Gasteiger partial charge in [0.25, 0.3) is 0 Å². The van der Waals surface area contributed by atoms with Gasteiger partial charge in [-0.2, -0.15) is 0 Å². The number of aryl methyl sites for hydroxylation is 1. The van der Waals surface area contributed by atoms with Crippen LogP contribution in [-0.2, 0) is 16.1 Å². The van der Waals surface area contributed by atoms with Crippen molar-refractivity contribution in [1.29, 1.82) is 0 Å². The van der Waals surface area contributed by atoms with Crippen LogP contribution in [0.2, 0.25) is 0 Å². The summed E-state index contributed by atoms with van der Waals surface area (Å²) in [4.78, 5) is 26.2. The first kappa shape index (κ1) is 20.4. The molecule has 0 aliphatic rings. The number of benzene rings is 1. The topological polar surface area (TPSA) is 92.2 Å². The second-order valence-electron chi connectivity index (χ2n) is 6.67. The molecule has 0 radical (unpaired) electrons. The highest BCUT2D eigenvalue weighted by molar-refractivity contribution is 5.92. The number of hydrogen-bond donors (Lipinski definition) is 2. The van der Waals surface area contributed by atoms with Crippen molar-refractivity contribution in [2.24, 2.45) is 5.92 Å². The summed E-state index contributed by atoms with van der Waals surface area (Å²) in [6, 6.07) is 5.98. The third kappa shape index (κ3) is 5.54. The summed E-state index contributed by atoms with van der Waals surface area (Å²) in [5, 5.41) is 13.3. The SMILES string of the molecule is CCN(CC)c1ccc(NC(=O)Cn2cc(NC(=O)C(C)C)nn2)c(C)c1. The van der Waals surface area contributed by atoms with E-state index >= 15 is 0 Å². The molecule has 1 aromatic carbocycles. The zero-order chi connectivity index (χ0) is 20.0. The van der Waals surface area contributed by atoms with Crippen molar-refractivity contribution in [2.45, 2.75) is 41.2 Å². The van der Waals surface area contributed by atoms with E-state index in [4.69, 9.17) is 0 Å². The van der Waals surface area contributed by atoms with Gasteiger partial charge in [0, 0.05) is 30.4 Å². The Morgan fingerprint density at radius 1 is 1.19 bits per heavy atom. The van der Waals surface area contributed by atoms with Gasteiger partial charge in [-0.15, -0.1) is 5.10 Å². The van der Waals surface area contributed by atoms with E-state index in [2.05, 4.69) is 45.8 Å². The van der Waals surface area contributed by atoms with Crippen LogP contribution in [0.25, 0.3) is 0 Å². The van der Waals surface area contributed by atoms with E-state index in [-0.39, 0.29) is 24.3 Å². The maximum absolute atomic E-state index is 12.3. The van der Waals surface area contributed by atoms with E-state index in [1.54, 1.807) is 13.8 Å². The van der Waals surface area contributed by atoms with Crippen molar-refractivity contribution in [1.82, 2.24) is 15.0 Å². The maximum Gasteiger partial charge on any atom is 0.246 e. The van der Waals surface area contributed by atoms with Gasteiger partial charge in [0.15, 0.2) is 5.82 Å². The van der Waals surface area contributed by atoms with Crippen LogP contribution in [0.3, 0.4) is 0 Å². The normalized spacial score (nSPS) is 10.7. The van der Waals surface area contributed by atoms with Gasteiger partial charge in [-0.1, -0.05) is 19.1 Å². The lowest BCUT2D eigenvalue weighted by Gasteiger charge is -2.22. The molecule has 0 aliphatic carbocycles. The lowest BCUT2D eigenvalue weighted by Crippen LogP contribution is -2.22. The highest BCUT2D eigenvalue weighted by Crippen LogP contribution is 2.22. The highest BCUT2D eigenvalue weighted by atomic mass is 16.2. The monoisotopic (exact) mass is 372 g/mol. The second kappa shape index (κ2) is 9.16. The van der Waals surface area contributed by atoms with Gasteiger partial charge in [0.05, 0.1) is 6.20 Å². The fourth-order valence-electron chi connectivity index (χ4n) is 2.61. The average molecular weight is 372 g/mol. The summed E-state index contributed by atoms with van der Waals surface area (Å²) in [7, 11) is 0. The predicted octanol–water partition coefficient (Wildman–Crippen LogP) is 2.67. The first-order chi connectivity index (χ1) is 12.8. The molecule has 2 rings (SSSR count). The van der Waals surface area contributed by atoms with Crippen LogP contribution >= 0.6 is 0 Å². The Morgan fingerprint density at radius 2 is 1.89 bits per heavy atom. The van der Waals surface area contributed by atoms with Gasteiger partial charge in [-0.25, -0.2) is 4.68 Å². The van der Waals surface area contributed by atoms with Crippen LogP contribution < -0.4 is 15.5 Å². The molecule has 0 unspecified atom stereocenters. The minimum atomic E-state index is -0.208. The number of nitrogens with zero attached hydrogens (tertiary/aromatic N) is 4. The zero-order valence-corrected chi connectivity index (χ0v) is 16.6. The molecular weight excluding hydrogens is 344 g/mol. The van der Waals surface area contributed by atoms with E-state index < -0.39 is 0 Å². The summed E-state index contributed by atoms with van der Waals surface area (Å²) in [5.74, 6) is -0.169. The number of anilines is 3. The summed E-state index contributed by atoms with van der Waals surface area (Å²) < 4.78 is 1.39. The lowest BCUT2D eigenvalue weighted by molar-refractivity contribution is -0.119. The maximum atomic E-state index is 12.3. The van der Waals surface area contributed by atoms with E-state index in [0.717, 1.165) is 30.0 Å². The number of carbonyl (C=O) groups is 2. The largest absolute Gasteiger partial charge is 0.372 e. The number of nitrogens with one attached hydrogen (secondary N) is 2. The number of amides is 2. The van der Waals surface area contributed by atoms with Crippen molar-refractivity contribution in [2.75, 3.05) is 28.6 Å². The fraction of sp³-hybridized carbons (Fsp3) is 0.474. The molecule has 2 aromatic rings. The summed E-state index contributed by atoms with van der Waals surface area (Å²) in [6.07, 6.45) is 1.54. The summed E-state index contributed by atoms with van der Waals surface area (Å²) >= 11 is 0. The predicted molar refractivity (Wildman–Crippen MR) is 107 cm³/mol. The van der Waals surface area contributed by atoms with Gasteiger partial charge in [-0.3, -0.25) is 9.59 Å². The Morgan fingerprint density at radius 3 is 2.48 bits per heavy atom. The number of rotatable bonds is 8. The number of aromatic nitrogens is 3. The fourth-order valence-corrected chi connectivity index (χ4v) is 2.61. The van der Waals surface area contributed by atoms with Gasteiger partial charge in [0.1, 0.15) is 6.54 Å². The van der Waals surface area contributed by atoms with Gasteiger partial charge >= 0.3 is 0 Å². The molecule has 0 fully saturated rings. The molecule has 1 heterocycles. The van der Waals surface area contributed by atoms with E-state index in [0.29, 0.717) is 5.82 Å². The molecule has 0 bridgehead atoms. The number of carbonyl (C=O) groups excluding carboxylic acids is 2. The second-order valence-corrected chi connectivity index (χ2v) is 6.67. The van der Waals surface area contributed by atoms with Crippen molar-refractivity contribution < 1.29 is 9.59 Å². The lowest BCUT2D eigenvalue weighted by atomic mass is 10.1. The van der Waals surface area contributed by atoms with Crippen molar-refractivity contribution in [3.8, 4) is 0 Å². The molecule has 146 valence electrons. The molecule has 0 spiro atoms. The van der Waals surface area contributed by atoms with Gasteiger partial charge in [0.2, 0.25) is 11.8 Å². The van der Waals surface area contributed by atoms with Crippen LogP contribution in [-0.4, -0.2) is 39.9 Å². The first-order valence-corrected chi connectivity index (χ1v) is 9.20. The Bertz CT molecular complexity index is 795. The van der Waals surface area contributed by atoms with Crippen LogP contribution in [0.5, 0.6) is 0 Å². The molecule has 0 saturated heterocycles. The van der Waals surface area contributed by atoms with Crippen molar-refractivity contribution in [3.05, 3.63) is 30.0 Å². The standard InChI is InChI=1S/C19H28N6O2/c1-6-24(7-2)15-8-9-16(14(5)10-15)20-18(26)12-25-11-17(22-23-25)21-19(27)13(3)4/h8-11,13H,6-7,12H2,1-5H3,(H,20,26)(H,21,27). The summed E-state index contributed by atoms with van der Waals surface area (Å²) in [5.41, 5.74) is 2.90. The average Bonchev–Trinajstić information content (AvgIpc) is 3.04. The van der Waals surface area contributed by atoms with E-state index in [9.17, 15) is 9.59 Å². The van der Waals surface area contributed by atoms with Crippen LogP contribution in [0.1, 0.15) is 33.3 Å². The molecule has 2 N–H and O–H groups in total. The third-order valence-corrected chi connectivity index (χ3v) is 4.23. The van der Waals surface area contributed by atoms with Crippen molar-refractivity contribution in [3.63, 3.8) is 0 Å². The molecule has 8 heteroatoms. The molecular formula is C19H28N6O2. The highest BCUT2D eigenvalue weighted by Gasteiger charge is 2.12. The first-order valence-electron chi connectivity index (χ1n) is 9.20. The third-order valence-electron chi connectivity index (χ3n) is 4.23. The van der Waals surface area contributed by atoms with Crippen LogP contribution in [0.15, 0.2) is 24.4 Å². The van der Waals surface area contributed by atoms with Crippen molar-refractivity contribution >= 4 is 29.0 Å². The minimum absolute atomic E-state index is 0.0157. The minimum Gasteiger partial charge on any atom is -0.372 e. The Hall–Kier alpha value is -2.90. The zero-order valence-electron chi connectivity index (χ0n) is 16.6. The molecule has 0 atom stereocenters. The quantitative estimate of drug-likeness (QED) is 0.743. The Labute approximate surface area is 159 Å². The molecule has 8 nitrogen and oxygen atoms in total. The van der Waals surface area contributed by atoms with Crippen LogP contribution in [0, 0.1) is 12.8 Å². The van der Waals surface area contributed by atoms with E-state index in [1.165, 1.54) is 10.9 Å². The Kier molecular flexibility index (Phi) is 6.92. The molecule has 0 saturated carbocycles. The Balaban J connectivity index is 1.98. The molecule has 2 amide bonds. The van der Waals surface area contributed by atoms with Crippen LogP contribution in [0.4, 0.5) is 17.2 Å². The van der Waals surface area contributed by atoms with E-state index in [1.807, 2.05) is 19.1 Å². The number of hydrogen-bond acceptors (Lipinski definition) is 5. The molecule has 1 aromatic heterocycles. The summed E-state index contributed by atoms with van der Waals surface area (Å²) in [6.45, 7) is 11.7. The smallest absolute Gasteiger partial charge is 0.246 e. The van der Waals surface area contributed by atoms with Gasteiger partial charge in [-0.05, 0) is 44.5 Å². The molecule has 0 aliphatic heterocycles.